The summed E-state index contributed by atoms with van der Waals surface area (Å²) in [5.74, 6) is 0.821. The highest BCUT2D eigenvalue weighted by atomic mass is 35.5. The van der Waals surface area contributed by atoms with Gasteiger partial charge in [-0.2, -0.15) is 0 Å². The zero-order chi connectivity index (χ0) is 23.8. The molecule has 0 saturated heterocycles. The van der Waals surface area contributed by atoms with E-state index in [9.17, 15) is 4.79 Å². The quantitative estimate of drug-likeness (QED) is 0.248. The van der Waals surface area contributed by atoms with E-state index in [1.165, 1.54) is 19.2 Å². The number of rotatable bonds is 6. The van der Waals surface area contributed by atoms with Crippen LogP contribution in [0.15, 0.2) is 69.5 Å². The monoisotopic (exact) mass is 515 g/mol. The largest absolute Gasteiger partial charge is 0.495 e. The van der Waals surface area contributed by atoms with Gasteiger partial charge in [-0.05, 0) is 36.4 Å². The predicted octanol–water partition coefficient (Wildman–Crippen LogP) is 7.98. The summed E-state index contributed by atoms with van der Waals surface area (Å²) in [7, 11) is 1.54. The second-order valence-corrected chi connectivity index (χ2v) is 8.61. The van der Waals surface area contributed by atoms with Gasteiger partial charge in [-0.15, -0.1) is 0 Å². The van der Waals surface area contributed by atoms with Gasteiger partial charge in [0.2, 0.25) is 0 Å². The van der Waals surface area contributed by atoms with Crippen LogP contribution in [0.3, 0.4) is 0 Å². The Hall–Kier alpha value is -3.32. The van der Waals surface area contributed by atoms with Crippen molar-refractivity contribution in [2.75, 3.05) is 12.4 Å². The number of furan rings is 2. The molecule has 0 aliphatic rings. The fourth-order valence-corrected chi connectivity index (χ4v) is 4.52. The molecule has 9 heteroatoms. The van der Waals surface area contributed by atoms with Crippen molar-refractivity contribution in [3.63, 3.8) is 0 Å². The van der Waals surface area contributed by atoms with Crippen molar-refractivity contribution in [3.8, 4) is 11.5 Å². The number of methoxy groups -OCH3 is 1. The number of nitrogens with one attached hydrogen (secondary N) is 1. The maximum atomic E-state index is 12.8. The zero-order valence-electron chi connectivity index (χ0n) is 17.7. The molecule has 0 unspecified atom stereocenters. The summed E-state index contributed by atoms with van der Waals surface area (Å²) < 4.78 is 22.7. The van der Waals surface area contributed by atoms with Gasteiger partial charge in [0, 0.05) is 21.9 Å². The number of halogens is 3. The van der Waals surface area contributed by atoms with Gasteiger partial charge in [-0.3, -0.25) is 4.79 Å². The molecule has 34 heavy (non-hydrogen) atoms. The van der Waals surface area contributed by atoms with Crippen molar-refractivity contribution in [1.82, 2.24) is 0 Å². The molecule has 3 aromatic carbocycles. The molecule has 172 valence electrons. The van der Waals surface area contributed by atoms with Crippen LogP contribution in [0.5, 0.6) is 11.5 Å². The Bertz CT molecular complexity index is 1520. The van der Waals surface area contributed by atoms with Crippen LogP contribution in [0.4, 0.5) is 5.69 Å². The van der Waals surface area contributed by atoms with Gasteiger partial charge in [-0.1, -0.05) is 53.0 Å². The minimum Gasteiger partial charge on any atom is -0.495 e. The lowest BCUT2D eigenvalue weighted by Gasteiger charge is -2.10. The Morgan fingerprint density at radius 2 is 1.68 bits per heavy atom. The Labute approximate surface area is 208 Å². The Kier molecular flexibility index (Phi) is 6.04. The normalized spacial score (nSPS) is 11.2. The molecule has 0 spiro atoms. The molecule has 0 radical (unpaired) electrons. The molecule has 5 aromatic rings. The van der Waals surface area contributed by atoms with Gasteiger partial charge in [-0.25, -0.2) is 0 Å². The summed E-state index contributed by atoms with van der Waals surface area (Å²) in [4.78, 5) is 12.8. The number of anilines is 1. The first-order chi connectivity index (χ1) is 16.4. The molecule has 6 nitrogen and oxygen atoms in total. The van der Waals surface area contributed by atoms with Crippen LogP contribution in [-0.4, -0.2) is 13.0 Å². The van der Waals surface area contributed by atoms with Crippen molar-refractivity contribution in [2.24, 2.45) is 0 Å². The van der Waals surface area contributed by atoms with Crippen molar-refractivity contribution < 1.29 is 23.1 Å². The minimum absolute atomic E-state index is 0.0165. The van der Waals surface area contributed by atoms with E-state index in [0.29, 0.717) is 27.8 Å². The molecule has 1 amide bonds. The van der Waals surface area contributed by atoms with Crippen LogP contribution in [0.2, 0.25) is 15.1 Å². The lowest BCUT2D eigenvalue weighted by atomic mass is 10.1. The van der Waals surface area contributed by atoms with Gasteiger partial charge in [0.1, 0.15) is 29.3 Å². The SMILES string of the molecule is COc1cc2c(cc1NC(=O)c1ccc(COc3c(Cl)cc(Cl)cc3Cl)o1)oc1ccccc12. The third-order valence-electron chi connectivity index (χ3n) is 5.15. The van der Waals surface area contributed by atoms with Crippen LogP contribution in [0, 0.1) is 0 Å². The highest BCUT2D eigenvalue weighted by molar-refractivity contribution is 6.40. The summed E-state index contributed by atoms with van der Waals surface area (Å²) in [6, 6.07) is 17.5. The smallest absolute Gasteiger partial charge is 0.291 e. The van der Waals surface area contributed by atoms with Crippen molar-refractivity contribution in [3.05, 3.63) is 87.3 Å². The average molecular weight is 517 g/mol. The second kappa shape index (κ2) is 9.14. The molecule has 0 atom stereocenters. The first-order valence-corrected chi connectivity index (χ1v) is 11.2. The maximum Gasteiger partial charge on any atom is 0.291 e. The lowest BCUT2D eigenvalue weighted by Crippen LogP contribution is -2.11. The van der Waals surface area contributed by atoms with Crippen LogP contribution < -0.4 is 14.8 Å². The van der Waals surface area contributed by atoms with Gasteiger partial charge in [0.15, 0.2) is 11.5 Å². The van der Waals surface area contributed by atoms with Gasteiger partial charge in [0.25, 0.3) is 5.91 Å². The molecule has 0 saturated carbocycles. The fraction of sp³-hybridized carbons (Fsp3) is 0.0800. The van der Waals surface area contributed by atoms with E-state index in [2.05, 4.69) is 5.32 Å². The van der Waals surface area contributed by atoms with Gasteiger partial charge < -0.3 is 23.6 Å². The van der Waals surface area contributed by atoms with Gasteiger partial charge in [0.05, 0.1) is 22.8 Å². The van der Waals surface area contributed by atoms with E-state index >= 15 is 0 Å². The highest BCUT2D eigenvalue weighted by Gasteiger charge is 2.18. The molecule has 0 bridgehead atoms. The Balaban J connectivity index is 1.34. The number of para-hydroxylation sites is 1. The fourth-order valence-electron chi connectivity index (χ4n) is 3.59. The molecule has 0 aliphatic carbocycles. The molecule has 2 aromatic heterocycles. The first kappa shape index (κ1) is 22.5. The van der Waals surface area contributed by atoms with Crippen LogP contribution >= 0.6 is 34.8 Å². The number of fused-ring (bicyclic) bond motifs is 3. The number of amides is 1. The first-order valence-electron chi connectivity index (χ1n) is 10.1. The lowest BCUT2D eigenvalue weighted by molar-refractivity contribution is 0.0992. The van der Waals surface area contributed by atoms with E-state index in [-0.39, 0.29) is 28.2 Å². The molecule has 2 heterocycles. The van der Waals surface area contributed by atoms with Crippen LogP contribution in [0.1, 0.15) is 16.3 Å². The topological polar surface area (TPSA) is 73.8 Å². The predicted molar refractivity (Wildman–Crippen MR) is 133 cm³/mol. The molecule has 0 fully saturated rings. The molecular formula is C25H16Cl3NO5. The number of carbonyl (C=O) groups excluding carboxylic acids is 1. The van der Waals surface area contributed by atoms with E-state index in [1.807, 2.05) is 30.3 Å². The molecule has 0 aliphatic heterocycles. The molecule has 1 N–H and O–H groups in total. The number of hydrogen-bond donors (Lipinski definition) is 1. The third kappa shape index (κ3) is 4.28. The summed E-state index contributed by atoms with van der Waals surface area (Å²) in [6.07, 6.45) is 0. The maximum absolute atomic E-state index is 12.8. The zero-order valence-corrected chi connectivity index (χ0v) is 19.9. The van der Waals surface area contributed by atoms with Crippen LogP contribution in [0.25, 0.3) is 21.9 Å². The summed E-state index contributed by atoms with van der Waals surface area (Å²) in [5, 5.41) is 5.61. The van der Waals surface area contributed by atoms with E-state index < -0.39 is 5.91 Å². The average Bonchev–Trinajstić information content (AvgIpc) is 3.42. The van der Waals surface area contributed by atoms with Gasteiger partial charge >= 0.3 is 0 Å². The van der Waals surface area contributed by atoms with Crippen molar-refractivity contribution >= 4 is 68.3 Å². The summed E-state index contributed by atoms with van der Waals surface area (Å²) >= 11 is 18.2. The van der Waals surface area contributed by atoms with E-state index in [0.717, 1.165) is 16.4 Å². The van der Waals surface area contributed by atoms with Crippen LogP contribution in [-0.2, 0) is 6.61 Å². The standard InChI is InChI=1S/C25H16Cl3NO5/c1-31-23-10-16-15-4-2-3-5-20(15)34-22(16)11-19(23)29-25(30)21-7-6-14(33-21)12-32-24-17(27)8-13(26)9-18(24)28/h2-11H,12H2,1H3,(H,29,30). The minimum atomic E-state index is -0.456. The van der Waals surface area contributed by atoms with Crippen molar-refractivity contribution in [2.45, 2.75) is 6.61 Å². The van der Waals surface area contributed by atoms with E-state index in [1.54, 1.807) is 18.2 Å². The number of carbonyl (C=O) groups is 1. The summed E-state index contributed by atoms with van der Waals surface area (Å²) in [5.41, 5.74) is 1.83. The number of benzene rings is 3. The van der Waals surface area contributed by atoms with E-state index in [4.69, 9.17) is 53.1 Å². The number of ether oxygens (including phenoxy) is 2. The third-order valence-corrected chi connectivity index (χ3v) is 5.93. The Morgan fingerprint density at radius 1 is 0.912 bits per heavy atom. The Morgan fingerprint density at radius 3 is 2.44 bits per heavy atom. The number of hydrogen-bond acceptors (Lipinski definition) is 5. The highest BCUT2D eigenvalue weighted by Crippen LogP contribution is 2.37. The molecule has 5 rings (SSSR count). The van der Waals surface area contributed by atoms with Crippen molar-refractivity contribution in [1.29, 1.82) is 0 Å². The summed E-state index contributed by atoms with van der Waals surface area (Å²) in [6.45, 7) is 0.0165. The molecular weight excluding hydrogens is 501 g/mol. The second-order valence-electron chi connectivity index (χ2n) is 7.35.